The Balaban J connectivity index is 2.32. The van der Waals surface area contributed by atoms with Crippen LogP contribution < -0.4 is 0 Å². The van der Waals surface area contributed by atoms with Crippen LogP contribution in [0.2, 0.25) is 0 Å². The number of benzene rings is 1. The molecule has 0 saturated carbocycles. The summed E-state index contributed by atoms with van der Waals surface area (Å²) in [5, 5.41) is 12.3. The van der Waals surface area contributed by atoms with Crippen molar-refractivity contribution in [2.45, 2.75) is 6.42 Å². The molecule has 4 nitrogen and oxygen atoms in total. The SMILES string of the molecule is N#Cc1ccccc1CC1=C(N=N)OCC=C1. The van der Waals surface area contributed by atoms with Crippen LogP contribution in [0, 0.1) is 16.9 Å². The number of nitrogens with zero attached hydrogens (tertiary/aromatic N) is 2. The monoisotopic (exact) mass is 225 g/mol. The first-order valence-electron chi connectivity index (χ1n) is 5.23. The highest BCUT2D eigenvalue weighted by Crippen LogP contribution is 2.20. The average molecular weight is 225 g/mol. The van der Waals surface area contributed by atoms with Crippen LogP contribution in [-0.2, 0) is 11.2 Å². The smallest absolute Gasteiger partial charge is 0.236 e. The predicted molar refractivity (Wildman–Crippen MR) is 62.1 cm³/mol. The number of ether oxygens (including phenoxy) is 1. The number of allylic oxidation sites excluding steroid dienone is 2. The standard InChI is InChI=1S/C13H11N3O/c14-9-12-5-2-1-4-10(12)8-11-6-3-7-17-13(11)16-15/h1-6,15H,7-8H2. The Labute approximate surface area is 99.3 Å². The highest BCUT2D eigenvalue weighted by molar-refractivity contribution is 5.42. The molecule has 0 radical (unpaired) electrons. The third-order valence-electron chi connectivity index (χ3n) is 2.53. The zero-order valence-electron chi connectivity index (χ0n) is 9.18. The summed E-state index contributed by atoms with van der Waals surface area (Å²) in [5.41, 5.74) is 9.42. The lowest BCUT2D eigenvalue weighted by Gasteiger charge is -2.13. The minimum Gasteiger partial charge on any atom is -0.472 e. The first kappa shape index (κ1) is 11.1. The summed E-state index contributed by atoms with van der Waals surface area (Å²) in [4.78, 5) is 0. The molecule has 0 unspecified atom stereocenters. The quantitative estimate of drug-likeness (QED) is 0.803. The second kappa shape index (κ2) is 5.08. The summed E-state index contributed by atoms with van der Waals surface area (Å²) in [6.07, 6.45) is 4.32. The third-order valence-corrected chi connectivity index (χ3v) is 2.53. The Morgan fingerprint density at radius 1 is 1.41 bits per heavy atom. The van der Waals surface area contributed by atoms with Crippen molar-refractivity contribution in [2.75, 3.05) is 6.61 Å². The van der Waals surface area contributed by atoms with Gasteiger partial charge in [-0.05, 0) is 17.7 Å². The van der Waals surface area contributed by atoms with Crippen molar-refractivity contribution in [3.63, 3.8) is 0 Å². The molecule has 0 bridgehead atoms. The van der Waals surface area contributed by atoms with Crippen LogP contribution in [0.15, 0.2) is 53.0 Å². The van der Waals surface area contributed by atoms with Crippen molar-refractivity contribution in [3.05, 3.63) is 59.0 Å². The van der Waals surface area contributed by atoms with E-state index in [1.165, 1.54) is 0 Å². The molecule has 1 aromatic rings. The molecule has 4 heteroatoms. The van der Waals surface area contributed by atoms with Gasteiger partial charge >= 0.3 is 0 Å². The normalized spacial score (nSPS) is 14.1. The predicted octanol–water partition coefficient (Wildman–Crippen LogP) is 2.93. The second-order valence-corrected chi connectivity index (χ2v) is 3.60. The Bertz CT molecular complexity index is 538. The first-order chi connectivity index (χ1) is 8.35. The molecule has 0 atom stereocenters. The fourth-order valence-electron chi connectivity index (χ4n) is 1.71. The van der Waals surface area contributed by atoms with Gasteiger partial charge < -0.3 is 4.74 Å². The van der Waals surface area contributed by atoms with Crippen LogP contribution in [0.4, 0.5) is 0 Å². The summed E-state index contributed by atoms with van der Waals surface area (Å²) in [7, 11) is 0. The second-order valence-electron chi connectivity index (χ2n) is 3.60. The van der Waals surface area contributed by atoms with Crippen molar-refractivity contribution in [3.8, 4) is 6.07 Å². The van der Waals surface area contributed by atoms with Crippen LogP contribution in [0.5, 0.6) is 0 Å². The molecule has 0 saturated heterocycles. The Morgan fingerprint density at radius 3 is 3.00 bits per heavy atom. The van der Waals surface area contributed by atoms with Crippen LogP contribution in [-0.4, -0.2) is 6.61 Å². The van der Waals surface area contributed by atoms with Crippen molar-refractivity contribution in [1.29, 1.82) is 10.8 Å². The van der Waals surface area contributed by atoms with Gasteiger partial charge in [0.15, 0.2) is 0 Å². The molecule has 2 rings (SSSR count). The number of nitrogens with one attached hydrogen (secondary N) is 1. The fraction of sp³-hybridized carbons (Fsp3) is 0.154. The summed E-state index contributed by atoms with van der Waals surface area (Å²) in [6, 6.07) is 9.55. The zero-order valence-corrected chi connectivity index (χ0v) is 9.18. The van der Waals surface area contributed by atoms with E-state index < -0.39 is 0 Å². The Morgan fingerprint density at radius 2 is 2.24 bits per heavy atom. The van der Waals surface area contributed by atoms with Gasteiger partial charge in [0.25, 0.3) is 0 Å². The van der Waals surface area contributed by atoms with Crippen molar-refractivity contribution in [1.82, 2.24) is 0 Å². The van der Waals surface area contributed by atoms with Crippen LogP contribution in [0.1, 0.15) is 11.1 Å². The largest absolute Gasteiger partial charge is 0.472 e. The molecule has 1 aromatic carbocycles. The molecule has 0 spiro atoms. The first-order valence-corrected chi connectivity index (χ1v) is 5.23. The molecule has 17 heavy (non-hydrogen) atoms. The number of hydrogen-bond acceptors (Lipinski definition) is 4. The molecular formula is C13H11N3O. The lowest BCUT2D eigenvalue weighted by molar-refractivity contribution is 0.231. The molecule has 84 valence electrons. The van der Waals surface area contributed by atoms with Gasteiger partial charge in [0.2, 0.25) is 5.88 Å². The molecule has 0 fully saturated rings. The molecule has 0 aliphatic carbocycles. The Kier molecular flexibility index (Phi) is 3.31. The Hall–Kier alpha value is -2.41. The summed E-state index contributed by atoms with van der Waals surface area (Å²) < 4.78 is 5.24. The van der Waals surface area contributed by atoms with E-state index in [9.17, 15) is 0 Å². The van der Waals surface area contributed by atoms with Crippen molar-refractivity contribution >= 4 is 0 Å². The molecule has 1 N–H and O–H groups in total. The highest BCUT2D eigenvalue weighted by atomic mass is 16.5. The van der Waals surface area contributed by atoms with E-state index in [0.29, 0.717) is 24.5 Å². The molecular weight excluding hydrogens is 214 g/mol. The van der Waals surface area contributed by atoms with Gasteiger partial charge in [-0.3, -0.25) is 0 Å². The lowest BCUT2D eigenvalue weighted by Crippen LogP contribution is -2.03. The van der Waals surface area contributed by atoms with Gasteiger partial charge in [0.1, 0.15) is 6.61 Å². The number of rotatable bonds is 3. The molecule has 1 aliphatic heterocycles. The highest BCUT2D eigenvalue weighted by Gasteiger charge is 2.11. The van der Waals surface area contributed by atoms with Gasteiger partial charge in [-0.2, -0.15) is 5.26 Å². The maximum atomic E-state index is 9.00. The van der Waals surface area contributed by atoms with Crippen LogP contribution >= 0.6 is 0 Å². The minimum atomic E-state index is 0.334. The maximum Gasteiger partial charge on any atom is 0.236 e. The van der Waals surface area contributed by atoms with E-state index >= 15 is 0 Å². The number of nitriles is 1. The molecule has 1 heterocycles. The molecule has 0 amide bonds. The maximum absolute atomic E-state index is 9.00. The van der Waals surface area contributed by atoms with E-state index in [4.69, 9.17) is 15.5 Å². The molecule has 1 aliphatic rings. The lowest BCUT2D eigenvalue weighted by atomic mass is 10.00. The topological polar surface area (TPSA) is 69.2 Å². The van der Waals surface area contributed by atoms with E-state index in [0.717, 1.165) is 11.1 Å². The fourth-order valence-corrected chi connectivity index (χ4v) is 1.71. The van der Waals surface area contributed by atoms with Gasteiger partial charge in [-0.25, -0.2) is 5.53 Å². The molecule has 0 aromatic heterocycles. The summed E-state index contributed by atoms with van der Waals surface area (Å²) in [5.74, 6) is 0.334. The summed E-state index contributed by atoms with van der Waals surface area (Å²) >= 11 is 0. The van der Waals surface area contributed by atoms with Crippen LogP contribution in [0.25, 0.3) is 0 Å². The third kappa shape index (κ3) is 2.40. The van der Waals surface area contributed by atoms with Gasteiger partial charge in [0.05, 0.1) is 11.6 Å². The summed E-state index contributed by atoms with van der Waals surface area (Å²) in [6.45, 7) is 0.446. The van der Waals surface area contributed by atoms with Gasteiger partial charge in [-0.15, -0.1) is 5.11 Å². The minimum absolute atomic E-state index is 0.334. The zero-order chi connectivity index (χ0) is 12.1. The van der Waals surface area contributed by atoms with Crippen molar-refractivity contribution < 1.29 is 4.74 Å². The van der Waals surface area contributed by atoms with Gasteiger partial charge in [0, 0.05) is 12.0 Å². The van der Waals surface area contributed by atoms with E-state index in [2.05, 4.69) is 11.2 Å². The van der Waals surface area contributed by atoms with E-state index in [-0.39, 0.29) is 0 Å². The van der Waals surface area contributed by atoms with E-state index in [1.54, 1.807) is 6.07 Å². The average Bonchev–Trinajstić information content (AvgIpc) is 2.40. The van der Waals surface area contributed by atoms with Gasteiger partial charge in [-0.1, -0.05) is 24.3 Å². The van der Waals surface area contributed by atoms with E-state index in [1.807, 2.05) is 30.4 Å². The van der Waals surface area contributed by atoms with Crippen molar-refractivity contribution in [2.24, 2.45) is 5.11 Å². The van der Waals surface area contributed by atoms with Crippen LogP contribution in [0.3, 0.4) is 0 Å². The number of hydrogen-bond donors (Lipinski definition) is 1.